The van der Waals surface area contributed by atoms with Gasteiger partial charge in [0.05, 0.1) is 0 Å². The zero-order chi connectivity index (χ0) is 10.2. The number of hydrogen-bond donors (Lipinski definition) is 1. The second-order valence-corrected chi connectivity index (χ2v) is 4.41. The molecule has 0 aliphatic carbocycles. The summed E-state index contributed by atoms with van der Waals surface area (Å²) in [6.45, 7) is 4.50. The molecule has 1 aliphatic rings. The van der Waals surface area contributed by atoms with Crippen LogP contribution in [0.5, 0.6) is 0 Å². The molecule has 0 radical (unpaired) electrons. The Labute approximate surface area is 89.0 Å². The molecule has 2 atom stereocenters. The lowest BCUT2D eigenvalue weighted by Crippen LogP contribution is -2.27. The molecule has 1 N–H and O–H groups in total. The first-order valence-corrected chi connectivity index (χ1v) is 6.29. The second-order valence-electron chi connectivity index (χ2n) is 4.41. The molecule has 1 heteroatoms. The van der Waals surface area contributed by atoms with Gasteiger partial charge in [-0.2, -0.15) is 0 Å². The van der Waals surface area contributed by atoms with Gasteiger partial charge in [-0.1, -0.05) is 45.3 Å². The fraction of sp³-hybridized carbons (Fsp3) is 0.846. The molecule has 0 amide bonds. The molecule has 1 saturated heterocycles. The van der Waals surface area contributed by atoms with Crippen molar-refractivity contribution in [2.45, 2.75) is 70.9 Å². The lowest BCUT2D eigenvalue weighted by molar-refractivity contribution is 0.517. The SMILES string of the molecule is CCC/C=C\[C@H]1CC[C@H](CCCC)N1. The summed E-state index contributed by atoms with van der Waals surface area (Å²) in [5.41, 5.74) is 0. The Hall–Kier alpha value is -0.300. The van der Waals surface area contributed by atoms with E-state index in [0.29, 0.717) is 6.04 Å². The fourth-order valence-electron chi connectivity index (χ4n) is 2.11. The number of unbranched alkanes of at least 4 members (excludes halogenated alkanes) is 2. The lowest BCUT2D eigenvalue weighted by atomic mass is 10.1. The number of nitrogens with one attached hydrogen (secondary N) is 1. The van der Waals surface area contributed by atoms with E-state index in [1.165, 1.54) is 44.9 Å². The molecule has 1 heterocycles. The highest BCUT2D eigenvalue weighted by molar-refractivity contribution is 4.98. The molecule has 0 saturated carbocycles. The van der Waals surface area contributed by atoms with Gasteiger partial charge < -0.3 is 5.32 Å². The molecule has 1 nitrogen and oxygen atoms in total. The van der Waals surface area contributed by atoms with Crippen LogP contribution in [0, 0.1) is 0 Å². The standard InChI is InChI=1S/C13H25N/c1-3-5-7-9-13-11-10-12(14-13)8-6-4-2/h7,9,12-14H,3-6,8,10-11H2,1-2H3/b9-7-/t12-,13-/m0/s1. The van der Waals surface area contributed by atoms with Crippen LogP contribution in [-0.4, -0.2) is 12.1 Å². The minimum atomic E-state index is 0.670. The van der Waals surface area contributed by atoms with Crippen molar-refractivity contribution in [2.24, 2.45) is 0 Å². The molecule has 14 heavy (non-hydrogen) atoms. The minimum Gasteiger partial charge on any atom is -0.308 e. The van der Waals surface area contributed by atoms with Gasteiger partial charge >= 0.3 is 0 Å². The van der Waals surface area contributed by atoms with Gasteiger partial charge in [0.1, 0.15) is 0 Å². The Bertz CT molecular complexity index is 163. The number of allylic oxidation sites excluding steroid dienone is 1. The normalized spacial score (nSPS) is 27.6. The summed E-state index contributed by atoms with van der Waals surface area (Å²) in [5, 5.41) is 3.70. The predicted molar refractivity (Wildman–Crippen MR) is 63.5 cm³/mol. The smallest absolute Gasteiger partial charge is 0.0253 e. The molecule has 0 bridgehead atoms. The van der Waals surface area contributed by atoms with Gasteiger partial charge in [0.2, 0.25) is 0 Å². The zero-order valence-corrected chi connectivity index (χ0v) is 9.76. The van der Waals surface area contributed by atoms with Crippen molar-refractivity contribution in [3.05, 3.63) is 12.2 Å². The summed E-state index contributed by atoms with van der Waals surface area (Å²) in [4.78, 5) is 0. The van der Waals surface area contributed by atoms with Crippen LogP contribution in [0.15, 0.2) is 12.2 Å². The molecular formula is C13H25N. The van der Waals surface area contributed by atoms with Crippen LogP contribution < -0.4 is 5.32 Å². The molecule has 1 rings (SSSR count). The van der Waals surface area contributed by atoms with Gasteiger partial charge in [-0.3, -0.25) is 0 Å². The van der Waals surface area contributed by atoms with E-state index >= 15 is 0 Å². The van der Waals surface area contributed by atoms with E-state index in [-0.39, 0.29) is 0 Å². The zero-order valence-electron chi connectivity index (χ0n) is 9.76. The van der Waals surface area contributed by atoms with Crippen LogP contribution in [0.25, 0.3) is 0 Å². The quantitative estimate of drug-likeness (QED) is 0.638. The topological polar surface area (TPSA) is 12.0 Å². The maximum Gasteiger partial charge on any atom is 0.0253 e. The lowest BCUT2D eigenvalue weighted by Gasteiger charge is -2.10. The van der Waals surface area contributed by atoms with Gasteiger partial charge in [0.25, 0.3) is 0 Å². The van der Waals surface area contributed by atoms with Crippen molar-refractivity contribution in [3.8, 4) is 0 Å². The highest BCUT2D eigenvalue weighted by Gasteiger charge is 2.20. The summed E-state index contributed by atoms with van der Waals surface area (Å²) in [7, 11) is 0. The molecule has 0 spiro atoms. The third-order valence-corrected chi connectivity index (χ3v) is 3.01. The first-order valence-electron chi connectivity index (χ1n) is 6.29. The van der Waals surface area contributed by atoms with Crippen LogP contribution in [0.4, 0.5) is 0 Å². The predicted octanol–water partition coefficient (Wildman–Crippen LogP) is 3.65. The maximum absolute atomic E-state index is 3.70. The molecule has 0 aromatic rings. The summed E-state index contributed by atoms with van der Waals surface area (Å²) in [6.07, 6.45) is 14.0. The highest BCUT2D eigenvalue weighted by atomic mass is 15.0. The van der Waals surface area contributed by atoms with E-state index in [2.05, 4.69) is 31.3 Å². The van der Waals surface area contributed by atoms with Crippen LogP contribution in [-0.2, 0) is 0 Å². The van der Waals surface area contributed by atoms with E-state index < -0.39 is 0 Å². The average Bonchev–Trinajstić information content (AvgIpc) is 2.63. The van der Waals surface area contributed by atoms with E-state index in [4.69, 9.17) is 0 Å². The Kier molecular flexibility index (Phi) is 5.93. The largest absolute Gasteiger partial charge is 0.308 e. The molecule has 0 aromatic heterocycles. The Morgan fingerprint density at radius 3 is 2.79 bits per heavy atom. The first kappa shape index (κ1) is 11.8. The van der Waals surface area contributed by atoms with E-state index in [1.807, 2.05) is 0 Å². The monoisotopic (exact) mass is 195 g/mol. The molecule has 0 aromatic carbocycles. The third-order valence-electron chi connectivity index (χ3n) is 3.01. The van der Waals surface area contributed by atoms with Crippen molar-refractivity contribution in [3.63, 3.8) is 0 Å². The second kappa shape index (κ2) is 7.05. The van der Waals surface area contributed by atoms with Crippen LogP contribution in [0.1, 0.15) is 58.8 Å². The maximum atomic E-state index is 3.70. The summed E-state index contributed by atoms with van der Waals surface area (Å²) < 4.78 is 0. The van der Waals surface area contributed by atoms with E-state index in [1.54, 1.807) is 0 Å². The van der Waals surface area contributed by atoms with E-state index in [0.717, 1.165) is 6.04 Å². The van der Waals surface area contributed by atoms with Gasteiger partial charge in [-0.05, 0) is 25.7 Å². The minimum absolute atomic E-state index is 0.670. The number of hydrogen-bond acceptors (Lipinski definition) is 1. The summed E-state index contributed by atoms with van der Waals surface area (Å²) in [5.74, 6) is 0. The van der Waals surface area contributed by atoms with Crippen LogP contribution in [0.3, 0.4) is 0 Å². The van der Waals surface area contributed by atoms with Crippen LogP contribution in [0.2, 0.25) is 0 Å². The first-order chi connectivity index (χ1) is 6.86. The van der Waals surface area contributed by atoms with Crippen molar-refractivity contribution < 1.29 is 0 Å². The third kappa shape index (κ3) is 4.28. The van der Waals surface area contributed by atoms with Gasteiger partial charge in [-0.25, -0.2) is 0 Å². The summed E-state index contributed by atoms with van der Waals surface area (Å²) >= 11 is 0. The Morgan fingerprint density at radius 1 is 1.21 bits per heavy atom. The van der Waals surface area contributed by atoms with E-state index in [9.17, 15) is 0 Å². The van der Waals surface area contributed by atoms with Crippen molar-refractivity contribution >= 4 is 0 Å². The van der Waals surface area contributed by atoms with Crippen molar-refractivity contribution in [2.75, 3.05) is 0 Å². The van der Waals surface area contributed by atoms with Gasteiger partial charge in [-0.15, -0.1) is 0 Å². The summed E-state index contributed by atoms with van der Waals surface area (Å²) in [6, 6.07) is 1.47. The van der Waals surface area contributed by atoms with Crippen molar-refractivity contribution in [1.29, 1.82) is 0 Å². The average molecular weight is 195 g/mol. The molecule has 0 unspecified atom stereocenters. The molecule has 82 valence electrons. The van der Waals surface area contributed by atoms with Crippen molar-refractivity contribution in [1.82, 2.24) is 5.32 Å². The van der Waals surface area contributed by atoms with Gasteiger partial charge in [0.15, 0.2) is 0 Å². The highest BCUT2D eigenvalue weighted by Crippen LogP contribution is 2.17. The molecule has 1 fully saturated rings. The fourth-order valence-corrected chi connectivity index (χ4v) is 2.11. The van der Waals surface area contributed by atoms with Gasteiger partial charge in [0, 0.05) is 12.1 Å². The molecular weight excluding hydrogens is 170 g/mol. The molecule has 1 aliphatic heterocycles. The number of rotatable bonds is 6. The van der Waals surface area contributed by atoms with Crippen LogP contribution >= 0.6 is 0 Å². The Morgan fingerprint density at radius 2 is 2.07 bits per heavy atom. The Balaban J connectivity index is 2.13.